The zero-order valence-corrected chi connectivity index (χ0v) is 11.2. The third kappa shape index (κ3) is 2.34. The van der Waals surface area contributed by atoms with Crippen LogP contribution in [-0.4, -0.2) is 15.9 Å². The molecule has 102 valence electrons. The summed E-state index contributed by atoms with van der Waals surface area (Å²) in [5, 5.41) is 14.2. The highest BCUT2D eigenvalue weighted by molar-refractivity contribution is 5.50. The number of nitro groups is 1. The second-order valence-electron chi connectivity index (χ2n) is 5.13. The van der Waals surface area contributed by atoms with Gasteiger partial charge in [-0.3, -0.25) is 10.1 Å². The number of fused-ring (bicyclic) bond motifs is 1. The van der Waals surface area contributed by atoms with E-state index in [0.717, 1.165) is 12.8 Å². The van der Waals surface area contributed by atoms with E-state index in [1.54, 1.807) is 13.1 Å². The van der Waals surface area contributed by atoms with E-state index in [9.17, 15) is 10.1 Å². The van der Waals surface area contributed by atoms with E-state index in [2.05, 4.69) is 22.4 Å². The van der Waals surface area contributed by atoms with Crippen molar-refractivity contribution in [3.05, 3.63) is 63.3 Å². The molecule has 1 N–H and O–H groups in total. The molecule has 0 fully saturated rings. The second-order valence-corrected chi connectivity index (χ2v) is 5.13. The van der Waals surface area contributed by atoms with Gasteiger partial charge in [0.1, 0.15) is 5.82 Å². The molecule has 3 rings (SSSR count). The highest BCUT2D eigenvalue weighted by Crippen LogP contribution is 2.26. The minimum Gasteiger partial charge on any atom is -0.366 e. The van der Waals surface area contributed by atoms with Gasteiger partial charge in [-0.1, -0.05) is 24.3 Å². The minimum atomic E-state index is -0.369. The fourth-order valence-corrected chi connectivity index (χ4v) is 2.66. The first-order valence-electron chi connectivity index (χ1n) is 6.58. The molecule has 0 aliphatic heterocycles. The van der Waals surface area contributed by atoms with E-state index in [1.807, 2.05) is 12.1 Å². The van der Waals surface area contributed by atoms with Gasteiger partial charge in [0, 0.05) is 17.8 Å². The molecule has 2 aromatic rings. The highest BCUT2D eigenvalue weighted by atomic mass is 16.6. The van der Waals surface area contributed by atoms with Crippen LogP contribution in [0.2, 0.25) is 0 Å². The van der Waals surface area contributed by atoms with E-state index < -0.39 is 0 Å². The Balaban J connectivity index is 1.77. The number of rotatable bonds is 3. The molecule has 1 aromatic heterocycles. The Labute approximate surface area is 116 Å². The Kier molecular flexibility index (Phi) is 3.10. The number of hydrogen-bond acceptors (Lipinski definition) is 4. The number of nitrogens with zero attached hydrogens (tertiary/aromatic N) is 2. The summed E-state index contributed by atoms with van der Waals surface area (Å²) in [4.78, 5) is 14.8. The lowest BCUT2D eigenvalue weighted by Crippen LogP contribution is -2.20. The number of pyridine rings is 1. The highest BCUT2D eigenvalue weighted by Gasteiger charge is 2.22. The van der Waals surface area contributed by atoms with Gasteiger partial charge >= 0.3 is 0 Å². The van der Waals surface area contributed by atoms with Crippen LogP contribution in [0.4, 0.5) is 11.5 Å². The van der Waals surface area contributed by atoms with E-state index in [4.69, 9.17) is 0 Å². The average Bonchev–Trinajstić information content (AvgIpc) is 2.82. The van der Waals surface area contributed by atoms with Gasteiger partial charge in [-0.15, -0.1) is 0 Å². The monoisotopic (exact) mass is 269 g/mol. The van der Waals surface area contributed by atoms with Gasteiger partial charge in [0.15, 0.2) is 0 Å². The molecule has 5 heteroatoms. The van der Waals surface area contributed by atoms with Crippen LogP contribution < -0.4 is 5.32 Å². The molecule has 0 unspecified atom stereocenters. The minimum absolute atomic E-state index is 0.109. The lowest BCUT2D eigenvalue weighted by atomic mass is 10.1. The van der Waals surface area contributed by atoms with Crippen molar-refractivity contribution in [2.45, 2.75) is 25.8 Å². The average molecular weight is 269 g/mol. The van der Waals surface area contributed by atoms with E-state index in [-0.39, 0.29) is 16.7 Å². The van der Waals surface area contributed by atoms with Gasteiger partial charge in [-0.2, -0.15) is 0 Å². The number of benzene rings is 1. The fourth-order valence-electron chi connectivity index (χ4n) is 2.66. The molecule has 0 saturated carbocycles. The molecule has 1 aliphatic carbocycles. The topological polar surface area (TPSA) is 68.1 Å². The Bertz CT molecular complexity index is 645. The zero-order chi connectivity index (χ0) is 14.1. The lowest BCUT2D eigenvalue weighted by Gasteiger charge is -2.12. The first-order valence-corrected chi connectivity index (χ1v) is 6.58. The van der Waals surface area contributed by atoms with Crippen LogP contribution in [0.1, 0.15) is 16.7 Å². The van der Waals surface area contributed by atoms with E-state index in [0.29, 0.717) is 11.4 Å². The van der Waals surface area contributed by atoms with Crippen molar-refractivity contribution >= 4 is 11.5 Å². The third-order valence-electron chi connectivity index (χ3n) is 3.67. The van der Waals surface area contributed by atoms with E-state index >= 15 is 0 Å². The second kappa shape index (κ2) is 4.92. The molecule has 1 aliphatic rings. The Morgan fingerprint density at radius 1 is 1.30 bits per heavy atom. The Morgan fingerprint density at radius 2 is 1.95 bits per heavy atom. The molecule has 0 spiro atoms. The summed E-state index contributed by atoms with van der Waals surface area (Å²) in [5.41, 5.74) is 3.37. The maximum atomic E-state index is 10.9. The number of anilines is 1. The van der Waals surface area contributed by atoms with Crippen LogP contribution in [0.3, 0.4) is 0 Å². The summed E-state index contributed by atoms with van der Waals surface area (Å²) in [7, 11) is 0. The smallest absolute Gasteiger partial charge is 0.277 e. The molecule has 0 saturated heterocycles. The van der Waals surface area contributed by atoms with Crippen LogP contribution >= 0.6 is 0 Å². The molecule has 5 nitrogen and oxygen atoms in total. The molecular weight excluding hydrogens is 254 g/mol. The molecule has 0 atom stereocenters. The number of hydrogen-bond donors (Lipinski definition) is 1. The number of nitrogens with one attached hydrogen (secondary N) is 1. The standard InChI is InChI=1S/C15H15N3O2/c1-10-9-16-15(8-14(10)18(19)20)17-13-6-11-4-2-3-5-12(11)7-13/h2-5,8-9,13H,6-7H2,1H3,(H,16,17). The van der Waals surface area contributed by atoms with Gasteiger partial charge in [-0.25, -0.2) is 4.98 Å². The summed E-state index contributed by atoms with van der Waals surface area (Å²) in [5.74, 6) is 0.570. The van der Waals surface area contributed by atoms with Crippen molar-refractivity contribution in [2.24, 2.45) is 0 Å². The van der Waals surface area contributed by atoms with Gasteiger partial charge in [0.25, 0.3) is 5.69 Å². The van der Waals surface area contributed by atoms with Crippen molar-refractivity contribution in [3.8, 4) is 0 Å². The number of aryl methyl sites for hydroxylation is 1. The summed E-state index contributed by atoms with van der Waals surface area (Å²) < 4.78 is 0. The van der Waals surface area contributed by atoms with Crippen molar-refractivity contribution < 1.29 is 4.92 Å². The van der Waals surface area contributed by atoms with Gasteiger partial charge in [0.2, 0.25) is 0 Å². The predicted octanol–water partition coefficient (Wildman–Crippen LogP) is 2.88. The molecule has 1 heterocycles. The van der Waals surface area contributed by atoms with Crippen LogP contribution in [-0.2, 0) is 12.8 Å². The van der Waals surface area contributed by atoms with Crippen molar-refractivity contribution in [2.75, 3.05) is 5.32 Å². The van der Waals surface area contributed by atoms with Crippen LogP contribution in [0.25, 0.3) is 0 Å². The molecular formula is C15H15N3O2. The molecule has 20 heavy (non-hydrogen) atoms. The zero-order valence-electron chi connectivity index (χ0n) is 11.2. The largest absolute Gasteiger partial charge is 0.366 e. The summed E-state index contributed by atoms with van der Waals surface area (Å²) in [6.45, 7) is 1.69. The third-order valence-corrected chi connectivity index (χ3v) is 3.67. The Morgan fingerprint density at radius 3 is 2.55 bits per heavy atom. The Hall–Kier alpha value is -2.43. The van der Waals surface area contributed by atoms with E-state index in [1.165, 1.54) is 17.2 Å². The quantitative estimate of drug-likeness (QED) is 0.687. The summed E-state index contributed by atoms with van der Waals surface area (Å²) in [6.07, 6.45) is 3.40. The van der Waals surface area contributed by atoms with Crippen molar-refractivity contribution in [1.82, 2.24) is 4.98 Å². The fraction of sp³-hybridized carbons (Fsp3) is 0.267. The van der Waals surface area contributed by atoms with Crippen molar-refractivity contribution in [3.63, 3.8) is 0 Å². The lowest BCUT2D eigenvalue weighted by molar-refractivity contribution is -0.385. The molecule has 1 aromatic carbocycles. The number of aromatic nitrogens is 1. The van der Waals surface area contributed by atoms with Gasteiger partial charge in [-0.05, 0) is 30.9 Å². The summed E-state index contributed by atoms with van der Waals surface area (Å²) >= 11 is 0. The maximum Gasteiger partial charge on any atom is 0.277 e. The van der Waals surface area contributed by atoms with Gasteiger partial charge in [0.05, 0.1) is 11.0 Å². The molecule has 0 radical (unpaired) electrons. The summed E-state index contributed by atoms with van der Waals surface area (Å²) in [6, 6.07) is 10.1. The predicted molar refractivity (Wildman–Crippen MR) is 76.9 cm³/mol. The molecule has 0 bridgehead atoms. The first kappa shape index (κ1) is 12.6. The van der Waals surface area contributed by atoms with Crippen molar-refractivity contribution in [1.29, 1.82) is 0 Å². The maximum absolute atomic E-state index is 10.9. The van der Waals surface area contributed by atoms with Crippen LogP contribution in [0, 0.1) is 17.0 Å². The normalized spacial score (nSPS) is 14.1. The van der Waals surface area contributed by atoms with Crippen LogP contribution in [0.15, 0.2) is 36.5 Å². The molecule has 0 amide bonds. The van der Waals surface area contributed by atoms with Gasteiger partial charge < -0.3 is 5.32 Å². The first-order chi connectivity index (χ1) is 9.63. The SMILES string of the molecule is Cc1cnc(NC2Cc3ccccc3C2)cc1[N+](=O)[O-]. The van der Waals surface area contributed by atoms with Crippen LogP contribution in [0.5, 0.6) is 0 Å².